The lowest BCUT2D eigenvalue weighted by molar-refractivity contribution is -0.144. The molecule has 8 rings (SSSR count). The molecule has 0 radical (unpaired) electrons. The summed E-state index contributed by atoms with van der Waals surface area (Å²) in [4.78, 5) is 53.3. The van der Waals surface area contributed by atoms with E-state index in [1.54, 1.807) is 36.4 Å². The Bertz CT molecular complexity index is 3230. The van der Waals surface area contributed by atoms with Gasteiger partial charge in [-0.2, -0.15) is 35.1 Å². The summed E-state index contributed by atoms with van der Waals surface area (Å²) >= 11 is 4.60. The fraction of sp³-hybridized carbons (Fsp3) is 0.209. The van der Waals surface area contributed by atoms with Crippen molar-refractivity contribution in [3.05, 3.63) is 149 Å². The number of nitrogens with one attached hydrogen (secondary N) is 1. The number of halogens is 7. The second-order valence-corrected chi connectivity index (χ2v) is 15.1. The zero-order valence-electron chi connectivity index (χ0n) is 33.7. The molecule has 4 heterocycles. The Hall–Kier alpha value is -6.07. The first-order valence-corrected chi connectivity index (χ1v) is 21.8. The molecule has 0 saturated heterocycles. The van der Waals surface area contributed by atoms with Crippen molar-refractivity contribution in [1.82, 2.24) is 27.4 Å². The zero-order valence-corrected chi connectivity index (χ0v) is 37.5. The molecule has 0 saturated carbocycles. The number of nitrogens with zero attached hydrogens (tertiary/aromatic N) is 5. The molecular weight excluding hydrogens is 1000 g/mol. The highest BCUT2D eigenvalue weighted by atomic mass is 127. The van der Waals surface area contributed by atoms with E-state index in [0.717, 1.165) is 38.7 Å². The van der Waals surface area contributed by atoms with Gasteiger partial charge in [0.05, 0.1) is 46.4 Å². The number of benzene rings is 4. The highest BCUT2D eigenvalue weighted by Gasteiger charge is 2.35. The number of aromatic amines is 1. The number of ether oxygens (including phenoxy) is 2. The maximum absolute atomic E-state index is 13.1. The second kappa shape index (κ2) is 19.4. The Morgan fingerprint density at radius 2 is 1.08 bits per heavy atom. The molecule has 0 aliphatic rings. The molecule has 0 amide bonds. The highest BCUT2D eigenvalue weighted by molar-refractivity contribution is 14.1. The number of hydrogen-bond donors (Lipinski definition) is 1. The van der Waals surface area contributed by atoms with Gasteiger partial charge in [0.2, 0.25) is 0 Å². The van der Waals surface area contributed by atoms with E-state index >= 15 is 0 Å². The van der Waals surface area contributed by atoms with Gasteiger partial charge in [-0.15, -0.1) is 0 Å². The van der Waals surface area contributed by atoms with E-state index in [0.29, 0.717) is 59.5 Å². The Labute approximate surface area is 381 Å². The van der Waals surface area contributed by atoms with Gasteiger partial charge >= 0.3 is 23.7 Å². The van der Waals surface area contributed by atoms with Crippen LogP contribution < -0.4 is 32.0 Å². The van der Waals surface area contributed by atoms with E-state index in [2.05, 4.69) is 31.3 Å². The minimum atomic E-state index is -4.83. The third-order valence-corrected chi connectivity index (χ3v) is 11.1. The SMILES string of the molecule is C.CI.COc1ccc(C)cc1-c1nsc2ccc(-n3c(=O)cc(C(F)(F)F)[nH]c3=O)cc12.COc1ccc(C)cc1-c1nsc2ccc(-n3c(=O)cc(C(F)(F)F)n(C)c3=O)cc12. The quantitative estimate of drug-likeness (QED) is 0.0986. The lowest BCUT2D eigenvalue weighted by atomic mass is 10.0. The molecule has 64 heavy (non-hydrogen) atoms. The third-order valence-electron chi connectivity index (χ3n) is 9.49. The molecule has 21 heteroatoms. The van der Waals surface area contributed by atoms with Crippen LogP contribution in [0.1, 0.15) is 29.9 Å². The van der Waals surface area contributed by atoms with E-state index < -0.39 is 46.2 Å². The van der Waals surface area contributed by atoms with Crippen LogP contribution in [-0.2, 0) is 19.4 Å². The fourth-order valence-electron chi connectivity index (χ4n) is 6.56. The lowest BCUT2D eigenvalue weighted by Crippen LogP contribution is -2.40. The fourth-order valence-corrected chi connectivity index (χ4v) is 8.10. The van der Waals surface area contributed by atoms with Crippen LogP contribution in [-0.4, -0.2) is 46.6 Å². The summed E-state index contributed by atoms with van der Waals surface area (Å²) in [5.74, 6) is 1.20. The molecule has 8 aromatic rings. The number of hydrogen-bond acceptors (Lipinski definition) is 10. The molecule has 12 nitrogen and oxygen atoms in total. The van der Waals surface area contributed by atoms with Gasteiger partial charge in [0.25, 0.3) is 11.1 Å². The van der Waals surface area contributed by atoms with Crippen LogP contribution in [0.5, 0.6) is 11.5 Å². The molecule has 0 aliphatic carbocycles. The summed E-state index contributed by atoms with van der Waals surface area (Å²) in [6.45, 7) is 3.85. The minimum absolute atomic E-state index is 0. The molecule has 336 valence electrons. The van der Waals surface area contributed by atoms with Crippen molar-refractivity contribution in [3.8, 4) is 45.4 Å². The predicted octanol–water partition coefficient (Wildman–Crippen LogP) is 9.97. The van der Waals surface area contributed by atoms with Crippen molar-refractivity contribution in [2.45, 2.75) is 33.6 Å². The summed E-state index contributed by atoms with van der Waals surface area (Å²) in [6.07, 6.45) is -9.64. The maximum atomic E-state index is 13.1. The predicted molar refractivity (Wildman–Crippen MR) is 246 cm³/mol. The number of methoxy groups -OCH3 is 2. The first-order valence-electron chi connectivity index (χ1n) is 18.1. The Balaban J connectivity index is 0.000000229. The first-order chi connectivity index (χ1) is 29.8. The second-order valence-electron chi connectivity index (χ2n) is 13.5. The Morgan fingerprint density at radius 1 is 0.625 bits per heavy atom. The van der Waals surface area contributed by atoms with Gasteiger partial charge in [-0.05, 0) is 103 Å². The van der Waals surface area contributed by atoms with Crippen molar-refractivity contribution in [2.75, 3.05) is 19.2 Å². The molecule has 0 aliphatic heterocycles. The number of alkyl halides is 7. The Morgan fingerprint density at radius 3 is 1.50 bits per heavy atom. The molecule has 0 atom stereocenters. The van der Waals surface area contributed by atoms with Crippen LogP contribution in [0.15, 0.2) is 104 Å². The third kappa shape index (κ3) is 9.70. The van der Waals surface area contributed by atoms with Crippen LogP contribution in [0.4, 0.5) is 26.3 Å². The molecule has 0 spiro atoms. The normalized spacial score (nSPS) is 11.3. The number of aromatic nitrogens is 6. The molecule has 1 N–H and O–H groups in total. The van der Waals surface area contributed by atoms with E-state index in [4.69, 9.17) is 9.47 Å². The molecule has 4 aromatic heterocycles. The van der Waals surface area contributed by atoms with Gasteiger partial charge in [-0.3, -0.25) is 14.2 Å². The highest BCUT2D eigenvalue weighted by Crippen LogP contribution is 2.39. The molecule has 4 aromatic carbocycles. The number of rotatable bonds is 6. The van der Waals surface area contributed by atoms with Crippen molar-refractivity contribution < 1.29 is 35.8 Å². The number of H-pyrrole nitrogens is 1. The topological polar surface area (TPSA) is 143 Å². The zero-order chi connectivity index (χ0) is 46.1. The summed E-state index contributed by atoms with van der Waals surface area (Å²) < 4.78 is 101. The van der Waals surface area contributed by atoms with Gasteiger partial charge in [0.15, 0.2) is 0 Å². The summed E-state index contributed by atoms with van der Waals surface area (Å²) in [6, 6.07) is 21.5. The van der Waals surface area contributed by atoms with Crippen LogP contribution in [0.25, 0.3) is 54.1 Å². The van der Waals surface area contributed by atoms with Gasteiger partial charge in [0, 0.05) is 41.1 Å². The van der Waals surface area contributed by atoms with Crippen molar-refractivity contribution in [1.29, 1.82) is 0 Å². The van der Waals surface area contributed by atoms with E-state index in [9.17, 15) is 45.5 Å². The summed E-state index contributed by atoms with van der Waals surface area (Å²) in [7, 11) is 4.06. The van der Waals surface area contributed by atoms with E-state index in [-0.39, 0.29) is 18.8 Å². The van der Waals surface area contributed by atoms with Crippen LogP contribution in [0.2, 0.25) is 0 Å². The molecule has 0 fully saturated rings. The average Bonchev–Trinajstić information content (AvgIpc) is 3.86. The van der Waals surface area contributed by atoms with E-state index in [1.165, 1.54) is 42.3 Å². The standard InChI is InChI=1S/C21H16F3N3O3S.C20H14F3N3O3S.CH3I.CH4/c1-11-4-6-15(30-3)13(8-11)19-14-9-12(5-7-16(14)31-25-19)27-18(28)10-17(21(22,23)24)26(2)20(27)29;1-10-3-5-14(29-2)12(7-10)18-13-8-11(4-6-15(13)30-25-18)26-17(27)9-16(20(21,22)23)24-19(26)28;1-2;/h4-10H,1-3H3;3-9H,1-2H3,(H,24,28);1H3;1H4. The van der Waals surface area contributed by atoms with Gasteiger partial charge < -0.3 is 14.5 Å². The first kappa shape index (κ1) is 49.0. The van der Waals surface area contributed by atoms with E-state index in [1.807, 2.05) is 55.2 Å². The smallest absolute Gasteiger partial charge is 0.431 e. The van der Waals surface area contributed by atoms with Crippen molar-refractivity contribution >= 4 is 65.8 Å². The lowest BCUT2D eigenvalue weighted by Gasteiger charge is -2.14. The monoisotopic (exact) mass is 1040 g/mol. The van der Waals surface area contributed by atoms with Gasteiger partial charge in [-0.25, -0.2) is 18.7 Å². The van der Waals surface area contributed by atoms with Crippen molar-refractivity contribution in [3.63, 3.8) is 0 Å². The number of aryl methyl sites for hydroxylation is 2. The summed E-state index contributed by atoms with van der Waals surface area (Å²) in [5.41, 5.74) is -2.18. The largest absolute Gasteiger partial charge is 0.496 e. The van der Waals surface area contributed by atoms with Gasteiger partial charge in [0.1, 0.15) is 22.9 Å². The molecule has 0 bridgehead atoms. The van der Waals surface area contributed by atoms with Crippen molar-refractivity contribution in [2.24, 2.45) is 7.05 Å². The van der Waals surface area contributed by atoms with Crippen LogP contribution in [0, 0.1) is 13.8 Å². The minimum Gasteiger partial charge on any atom is -0.496 e. The van der Waals surface area contributed by atoms with Crippen LogP contribution >= 0.6 is 45.7 Å². The maximum Gasteiger partial charge on any atom is 0.431 e. The molecule has 0 unspecified atom stereocenters. The van der Waals surface area contributed by atoms with Crippen LogP contribution in [0.3, 0.4) is 0 Å². The molecular formula is C43H37F6IN6O6S2. The average molecular weight is 1040 g/mol. The number of fused-ring (bicyclic) bond motifs is 2. The summed E-state index contributed by atoms with van der Waals surface area (Å²) in [5, 5.41) is 1.30. The Kier molecular flexibility index (Phi) is 14.8. The van der Waals surface area contributed by atoms with Gasteiger partial charge in [-0.1, -0.05) is 53.3 Å².